The first kappa shape index (κ1) is 9.47. The highest BCUT2D eigenvalue weighted by molar-refractivity contribution is 5.65. The number of fused-ring (bicyclic) bond motifs is 1. The van der Waals surface area contributed by atoms with Gasteiger partial charge in [0.2, 0.25) is 0 Å². The van der Waals surface area contributed by atoms with Gasteiger partial charge in [-0.1, -0.05) is 24.8 Å². The maximum absolute atomic E-state index is 5.58. The topological polar surface area (TPSA) is 26.0 Å². The van der Waals surface area contributed by atoms with E-state index in [2.05, 4.69) is 24.8 Å². The molecule has 0 fully saturated rings. The summed E-state index contributed by atoms with van der Waals surface area (Å²) in [7, 11) is 0. The molecule has 2 N–H and O–H groups in total. The Hall–Kier alpha value is -1.08. The first-order chi connectivity index (χ1) is 6.81. The maximum atomic E-state index is 5.58. The van der Waals surface area contributed by atoms with Crippen molar-refractivity contribution in [2.24, 2.45) is 5.73 Å². The predicted octanol–water partition coefficient (Wildman–Crippen LogP) is 2.54. The lowest BCUT2D eigenvalue weighted by molar-refractivity contribution is 0.685. The van der Waals surface area contributed by atoms with Crippen molar-refractivity contribution < 1.29 is 0 Å². The van der Waals surface area contributed by atoms with Crippen molar-refractivity contribution in [2.75, 3.05) is 6.54 Å². The largest absolute Gasteiger partial charge is 0.326 e. The van der Waals surface area contributed by atoms with Crippen LogP contribution in [-0.2, 0) is 12.8 Å². The lowest BCUT2D eigenvalue weighted by Crippen LogP contribution is -2.05. The molecule has 0 bridgehead atoms. The van der Waals surface area contributed by atoms with Gasteiger partial charge in [-0.15, -0.1) is 0 Å². The summed E-state index contributed by atoms with van der Waals surface area (Å²) in [5.74, 6) is 0. The summed E-state index contributed by atoms with van der Waals surface area (Å²) < 4.78 is 0. The normalized spacial score (nSPS) is 14.9. The molecule has 0 radical (unpaired) electrons. The number of benzene rings is 1. The average Bonchev–Trinajstić information content (AvgIpc) is 2.27. The molecule has 0 amide bonds. The Labute approximate surface area is 85.6 Å². The van der Waals surface area contributed by atoms with Gasteiger partial charge in [-0.05, 0) is 47.9 Å². The lowest BCUT2D eigenvalue weighted by Gasteiger charge is -2.16. The van der Waals surface area contributed by atoms with Crippen molar-refractivity contribution in [3.63, 3.8) is 0 Å². The van der Waals surface area contributed by atoms with Gasteiger partial charge in [0, 0.05) is 6.54 Å². The molecule has 1 aromatic rings. The molecule has 0 atom stereocenters. The molecule has 0 unspecified atom stereocenters. The molecular weight excluding hydrogens is 170 g/mol. The quantitative estimate of drug-likeness (QED) is 0.756. The third-order valence-electron chi connectivity index (χ3n) is 3.00. The van der Waals surface area contributed by atoms with E-state index >= 15 is 0 Å². The molecule has 0 saturated carbocycles. The SMILES string of the molecule is C=C(CN)c1ccc2c(c1)CCCC2. The van der Waals surface area contributed by atoms with Crippen molar-refractivity contribution in [3.8, 4) is 0 Å². The highest BCUT2D eigenvalue weighted by Gasteiger charge is 2.09. The number of hydrogen-bond acceptors (Lipinski definition) is 1. The van der Waals surface area contributed by atoms with Crippen LogP contribution in [0.2, 0.25) is 0 Å². The summed E-state index contributed by atoms with van der Waals surface area (Å²) in [5, 5.41) is 0. The monoisotopic (exact) mass is 187 g/mol. The molecule has 14 heavy (non-hydrogen) atoms. The van der Waals surface area contributed by atoms with Crippen molar-refractivity contribution in [2.45, 2.75) is 25.7 Å². The van der Waals surface area contributed by atoms with E-state index in [1.54, 1.807) is 0 Å². The van der Waals surface area contributed by atoms with Crippen LogP contribution in [0.4, 0.5) is 0 Å². The third-order valence-corrected chi connectivity index (χ3v) is 3.00. The molecular formula is C13H17N. The summed E-state index contributed by atoms with van der Waals surface area (Å²) in [6.07, 6.45) is 5.13. The van der Waals surface area contributed by atoms with Crippen molar-refractivity contribution in [3.05, 3.63) is 41.5 Å². The molecule has 2 rings (SSSR count). The van der Waals surface area contributed by atoms with Gasteiger partial charge in [-0.25, -0.2) is 0 Å². The van der Waals surface area contributed by atoms with Crippen LogP contribution in [0, 0.1) is 0 Å². The van der Waals surface area contributed by atoms with E-state index < -0.39 is 0 Å². The minimum absolute atomic E-state index is 0.554. The Morgan fingerprint density at radius 3 is 2.64 bits per heavy atom. The second kappa shape index (κ2) is 3.97. The zero-order valence-corrected chi connectivity index (χ0v) is 8.55. The molecule has 1 heteroatoms. The van der Waals surface area contributed by atoms with Crippen LogP contribution < -0.4 is 5.73 Å². The molecule has 0 aliphatic heterocycles. The molecule has 74 valence electrons. The minimum atomic E-state index is 0.554. The fourth-order valence-corrected chi connectivity index (χ4v) is 2.07. The van der Waals surface area contributed by atoms with Crippen LogP contribution in [-0.4, -0.2) is 6.54 Å². The van der Waals surface area contributed by atoms with Gasteiger partial charge in [0.15, 0.2) is 0 Å². The van der Waals surface area contributed by atoms with Gasteiger partial charge in [0.05, 0.1) is 0 Å². The van der Waals surface area contributed by atoms with Crippen LogP contribution in [0.15, 0.2) is 24.8 Å². The molecule has 0 aromatic heterocycles. The number of aryl methyl sites for hydroxylation is 2. The fourth-order valence-electron chi connectivity index (χ4n) is 2.07. The van der Waals surface area contributed by atoms with Gasteiger partial charge in [-0.3, -0.25) is 0 Å². The summed E-state index contributed by atoms with van der Waals surface area (Å²) in [6.45, 7) is 4.52. The second-order valence-corrected chi connectivity index (χ2v) is 4.00. The highest BCUT2D eigenvalue weighted by Crippen LogP contribution is 2.24. The zero-order valence-electron chi connectivity index (χ0n) is 8.55. The van der Waals surface area contributed by atoms with Gasteiger partial charge in [0.25, 0.3) is 0 Å². The molecule has 1 aromatic carbocycles. The van der Waals surface area contributed by atoms with Crippen molar-refractivity contribution in [1.82, 2.24) is 0 Å². The Morgan fingerprint density at radius 2 is 1.93 bits per heavy atom. The molecule has 0 spiro atoms. The van der Waals surface area contributed by atoms with Crippen LogP contribution in [0.5, 0.6) is 0 Å². The van der Waals surface area contributed by atoms with E-state index in [0.717, 1.165) is 5.57 Å². The Bertz CT molecular complexity index is 352. The van der Waals surface area contributed by atoms with Crippen LogP contribution in [0.25, 0.3) is 5.57 Å². The van der Waals surface area contributed by atoms with E-state index in [1.165, 1.54) is 42.4 Å². The van der Waals surface area contributed by atoms with Gasteiger partial charge < -0.3 is 5.73 Å². The standard InChI is InChI=1S/C13H17N/c1-10(9-14)12-7-6-11-4-2-3-5-13(11)8-12/h6-8H,1-5,9,14H2. The van der Waals surface area contributed by atoms with Crippen molar-refractivity contribution in [1.29, 1.82) is 0 Å². The molecule has 1 nitrogen and oxygen atoms in total. The predicted molar refractivity (Wildman–Crippen MR) is 61.2 cm³/mol. The third kappa shape index (κ3) is 1.73. The Balaban J connectivity index is 2.33. The second-order valence-electron chi connectivity index (χ2n) is 4.00. The molecule has 0 heterocycles. The van der Waals surface area contributed by atoms with Crippen LogP contribution >= 0.6 is 0 Å². The van der Waals surface area contributed by atoms with E-state index in [9.17, 15) is 0 Å². The number of hydrogen-bond donors (Lipinski definition) is 1. The van der Waals surface area contributed by atoms with Crippen LogP contribution in [0.1, 0.15) is 29.5 Å². The summed E-state index contributed by atoms with van der Waals surface area (Å²) >= 11 is 0. The number of rotatable bonds is 2. The minimum Gasteiger partial charge on any atom is -0.326 e. The van der Waals surface area contributed by atoms with Gasteiger partial charge in [-0.2, -0.15) is 0 Å². The van der Waals surface area contributed by atoms with E-state index in [-0.39, 0.29) is 0 Å². The molecule has 1 aliphatic carbocycles. The molecule has 1 aliphatic rings. The Kier molecular flexibility index (Phi) is 2.69. The average molecular weight is 187 g/mol. The summed E-state index contributed by atoms with van der Waals surface area (Å²) in [6, 6.07) is 6.66. The number of nitrogens with two attached hydrogens (primary N) is 1. The summed E-state index contributed by atoms with van der Waals surface area (Å²) in [4.78, 5) is 0. The van der Waals surface area contributed by atoms with Crippen LogP contribution in [0.3, 0.4) is 0 Å². The smallest absolute Gasteiger partial charge is 0.0178 e. The maximum Gasteiger partial charge on any atom is 0.0178 e. The first-order valence-corrected chi connectivity index (χ1v) is 5.31. The summed E-state index contributed by atoms with van der Waals surface area (Å²) in [5.41, 5.74) is 10.9. The lowest BCUT2D eigenvalue weighted by atomic mass is 9.89. The Morgan fingerprint density at radius 1 is 1.21 bits per heavy atom. The van der Waals surface area contributed by atoms with E-state index in [1.807, 2.05) is 0 Å². The van der Waals surface area contributed by atoms with E-state index in [4.69, 9.17) is 5.73 Å². The van der Waals surface area contributed by atoms with Gasteiger partial charge >= 0.3 is 0 Å². The van der Waals surface area contributed by atoms with Crippen molar-refractivity contribution >= 4 is 5.57 Å². The molecule has 0 saturated heterocycles. The fraction of sp³-hybridized carbons (Fsp3) is 0.385. The van der Waals surface area contributed by atoms with E-state index in [0.29, 0.717) is 6.54 Å². The zero-order chi connectivity index (χ0) is 9.97. The van der Waals surface area contributed by atoms with Gasteiger partial charge in [0.1, 0.15) is 0 Å². The highest BCUT2D eigenvalue weighted by atomic mass is 14.5. The first-order valence-electron chi connectivity index (χ1n) is 5.31.